The Balaban J connectivity index is 1.85. The van der Waals surface area contributed by atoms with Crippen LogP contribution in [0.4, 0.5) is 0 Å². The fraction of sp³-hybridized carbons (Fsp3) is 0.250. The van der Waals surface area contributed by atoms with Crippen LogP contribution in [0.25, 0.3) is 10.8 Å². The predicted molar refractivity (Wildman–Crippen MR) is 96.0 cm³/mol. The van der Waals surface area contributed by atoms with Crippen molar-refractivity contribution in [3.05, 3.63) is 60.2 Å². The Morgan fingerprint density at radius 2 is 2.00 bits per heavy atom. The minimum atomic E-state index is 0.274. The lowest BCUT2D eigenvalue weighted by molar-refractivity contribution is -0.109. The Hall–Kier alpha value is -2.57. The fourth-order valence-electron chi connectivity index (χ4n) is 2.43. The molecule has 0 aliphatic carbocycles. The van der Waals surface area contributed by atoms with Crippen LogP contribution >= 0.6 is 0 Å². The van der Waals surface area contributed by atoms with Gasteiger partial charge < -0.3 is 10.6 Å². The van der Waals surface area contributed by atoms with Crippen molar-refractivity contribution < 1.29 is 4.79 Å². The van der Waals surface area contributed by atoms with Crippen LogP contribution in [0.15, 0.2) is 54.6 Å². The maximum absolute atomic E-state index is 10.1. The molecule has 2 N–H and O–H groups in total. The number of amides is 1. The maximum Gasteiger partial charge on any atom is 0.207 e. The van der Waals surface area contributed by atoms with Crippen molar-refractivity contribution in [2.24, 2.45) is 0 Å². The van der Waals surface area contributed by atoms with Gasteiger partial charge in [0.25, 0.3) is 0 Å². The Morgan fingerprint density at radius 3 is 2.87 bits per heavy atom. The van der Waals surface area contributed by atoms with Crippen LogP contribution in [0.5, 0.6) is 0 Å². The van der Waals surface area contributed by atoms with Gasteiger partial charge >= 0.3 is 0 Å². The van der Waals surface area contributed by atoms with Gasteiger partial charge in [0.2, 0.25) is 6.41 Å². The Kier molecular flexibility index (Phi) is 6.90. The first-order valence-electron chi connectivity index (χ1n) is 7.84. The summed E-state index contributed by atoms with van der Waals surface area (Å²) in [6, 6.07) is 15.1. The predicted octanol–water partition coefficient (Wildman–Crippen LogP) is 3.19. The summed E-state index contributed by atoms with van der Waals surface area (Å²) in [4.78, 5) is 10.1. The highest BCUT2D eigenvalue weighted by atomic mass is 16.1. The van der Waals surface area contributed by atoms with E-state index >= 15 is 0 Å². The van der Waals surface area contributed by atoms with Gasteiger partial charge in [-0.05, 0) is 29.3 Å². The summed E-state index contributed by atoms with van der Waals surface area (Å²) in [6.45, 7) is 3.54. The first-order valence-corrected chi connectivity index (χ1v) is 7.84. The molecular weight excluding hydrogens is 284 g/mol. The number of hydrogen-bond acceptors (Lipinski definition) is 2. The smallest absolute Gasteiger partial charge is 0.207 e. The van der Waals surface area contributed by atoms with E-state index in [4.69, 9.17) is 0 Å². The van der Waals surface area contributed by atoms with Crippen LogP contribution in [0.3, 0.4) is 0 Å². The van der Waals surface area contributed by atoms with Gasteiger partial charge in [-0.3, -0.25) is 4.79 Å². The van der Waals surface area contributed by atoms with Gasteiger partial charge in [0.15, 0.2) is 0 Å². The first kappa shape index (κ1) is 16.8. The molecule has 1 amide bonds. The number of hydrogen-bond donors (Lipinski definition) is 2. The molecule has 0 aliphatic heterocycles. The van der Waals surface area contributed by atoms with E-state index in [1.807, 2.05) is 12.2 Å². The van der Waals surface area contributed by atoms with Crippen molar-refractivity contribution in [2.75, 3.05) is 13.1 Å². The second-order valence-electron chi connectivity index (χ2n) is 5.24. The third-order valence-corrected chi connectivity index (χ3v) is 3.61. The average Bonchev–Trinajstić information content (AvgIpc) is 2.59. The Morgan fingerprint density at radius 1 is 1.17 bits per heavy atom. The minimum absolute atomic E-state index is 0.274. The van der Waals surface area contributed by atoms with Crippen molar-refractivity contribution in [3.63, 3.8) is 0 Å². The first-order chi connectivity index (χ1) is 11.3. The molecule has 0 aromatic heterocycles. The van der Waals surface area contributed by atoms with Crippen molar-refractivity contribution in [1.82, 2.24) is 10.6 Å². The molecule has 1 atom stereocenters. The molecule has 2 aromatic rings. The maximum atomic E-state index is 10.1. The van der Waals surface area contributed by atoms with E-state index in [0.29, 0.717) is 19.4 Å². The lowest BCUT2D eigenvalue weighted by Gasteiger charge is -2.15. The highest BCUT2D eigenvalue weighted by Gasteiger charge is 2.07. The van der Waals surface area contributed by atoms with E-state index in [0.717, 1.165) is 6.54 Å². The second kappa shape index (κ2) is 9.45. The minimum Gasteiger partial charge on any atom is -0.358 e. The largest absolute Gasteiger partial charge is 0.358 e. The van der Waals surface area contributed by atoms with Crippen molar-refractivity contribution in [2.45, 2.75) is 19.4 Å². The van der Waals surface area contributed by atoms with E-state index in [9.17, 15) is 4.79 Å². The van der Waals surface area contributed by atoms with Gasteiger partial charge in [-0.25, -0.2) is 0 Å². The topological polar surface area (TPSA) is 41.1 Å². The monoisotopic (exact) mass is 306 g/mol. The molecule has 3 nitrogen and oxygen atoms in total. The molecule has 118 valence electrons. The average molecular weight is 306 g/mol. The van der Waals surface area contributed by atoms with Crippen LogP contribution in [0.1, 0.15) is 24.9 Å². The van der Waals surface area contributed by atoms with Crippen molar-refractivity contribution >= 4 is 17.2 Å². The normalized spacial score (nSPS) is 11.9. The number of allylic oxidation sites excluding steroid dienone is 1. The van der Waals surface area contributed by atoms with Gasteiger partial charge in [0.1, 0.15) is 0 Å². The molecule has 0 spiro atoms. The number of rotatable bonds is 7. The SMILES string of the molecule is CC(NCC=CC#CCCNC=O)c1cccc2ccccc12. The van der Waals surface area contributed by atoms with Gasteiger partial charge in [-0.15, -0.1) is 0 Å². The number of carbonyl (C=O) groups excluding carboxylic acids is 1. The third-order valence-electron chi connectivity index (χ3n) is 3.61. The zero-order valence-electron chi connectivity index (χ0n) is 13.4. The lowest BCUT2D eigenvalue weighted by Crippen LogP contribution is -2.18. The van der Waals surface area contributed by atoms with Crippen LogP contribution in [-0.4, -0.2) is 19.5 Å². The van der Waals surface area contributed by atoms with Crippen LogP contribution < -0.4 is 10.6 Å². The molecule has 0 saturated carbocycles. The Bertz CT molecular complexity index is 720. The van der Waals surface area contributed by atoms with E-state index in [-0.39, 0.29) is 6.04 Å². The van der Waals surface area contributed by atoms with Gasteiger partial charge in [-0.1, -0.05) is 60.4 Å². The molecule has 2 aromatic carbocycles. The summed E-state index contributed by atoms with van der Waals surface area (Å²) >= 11 is 0. The molecule has 0 saturated heterocycles. The van der Waals surface area contributed by atoms with E-state index in [1.54, 1.807) is 0 Å². The molecule has 1 unspecified atom stereocenters. The Labute approximate surface area is 137 Å². The molecular formula is C20H22N2O. The van der Waals surface area contributed by atoms with Gasteiger partial charge in [0.05, 0.1) is 0 Å². The molecule has 0 heterocycles. The van der Waals surface area contributed by atoms with Gasteiger partial charge in [0, 0.05) is 25.6 Å². The molecule has 0 aliphatic rings. The summed E-state index contributed by atoms with van der Waals surface area (Å²) < 4.78 is 0. The van der Waals surface area contributed by atoms with E-state index in [1.165, 1.54) is 16.3 Å². The zero-order chi connectivity index (χ0) is 16.3. The van der Waals surface area contributed by atoms with Crippen molar-refractivity contribution in [3.8, 4) is 11.8 Å². The quantitative estimate of drug-likeness (QED) is 0.468. The summed E-state index contributed by atoms with van der Waals surface area (Å²) in [7, 11) is 0. The fourth-order valence-corrected chi connectivity index (χ4v) is 2.43. The second-order valence-corrected chi connectivity index (χ2v) is 5.24. The summed E-state index contributed by atoms with van der Waals surface area (Å²) in [6.07, 6.45) is 5.23. The molecule has 3 heteroatoms. The number of benzene rings is 2. The van der Waals surface area contributed by atoms with E-state index in [2.05, 4.69) is 71.9 Å². The molecule has 23 heavy (non-hydrogen) atoms. The standard InChI is InChI=1S/C20H22N2O/c1-17(22-15-8-4-2-3-7-14-21-16-23)19-13-9-11-18-10-5-6-12-20(18)19/h4-6,8-13,16-17,22H,7,14-15H2,1H3,(H,21,23). The molecule has 0 radical (unpaired) electrons. The number of nitrogens with one attached hydrogen (secondary N) is 2. The summed E-state index contributed by atoms with van der Waals surface area (Å²) in [5.41, 5.74) is 1.31. The van der Waals surface area contributed by atoms with Crippen molar-refractivity contribution in [1.29, 1.82) is 0 Å². The summed E-state index contributed by atoms with van der Waals surface area (Å²) in [5.74, 6) is 5.94. The lowest BCUT2D eigenvalue weighted by atomic mass is 10.00. The van der Waals surface area contributed by atoms with E-state index < -0.39 is 0 Å². The van der Waals surface area contributed by atoms with Gasteiger partial charge in [-0.2, -0.15) is 0 Å². The third kappa shape index (κ3) is 5.28. The van der Waals surface area contributed by atoms with Crippen LogP contribution in [-0.2, 0) is 4.79 Å². The number of carbonyl (C=O) groups is 1. The molecule has 0 fully saturated rings. The van der Waals surface area contributed by atoms with Crippen LogP contribution in [0.2, 0.25) is 0 Å². The highest BCUT2D eigenvalue weighted by molar-refractivity contribution is 5.86. The highest BCUT2D eigenvalue weighted by Crippen LogP contribution is 2.23. The molecule has 2 rings (SSSR count). The molecule has 0 bridgehead atoms. The summed E-state index contributed by atoms with van der Waals surface area (Å²) in [5, 5.41) is 8.63. The van der Waals surface area contributed by atoms with Crippen LogP contribution in [0, 0.1) is 11.8 Å². The number of fused-ring (bicyclic) bond motifs is 1. The zero-order valence-corrected chi connectivity index (χ0v) is 13.4.